The number of primary amides is 1. The number of H-pyrrole nitrogens is 1. The number of rotatable bonds is 40. The lowest BCUT2D eigenvalue weighted by Crippen LogP contribution is -2.62. The number of carboxylic acid groups (broad SMARTS) is 1. The van der Waals surface area contributed by atoms with Crippen molar-refractivity contribution in [3.05, 3.63) is 126 Å². The topological polar surface area (TPSA) is 558 Å². The number of hydrogen-bond acceptors (Lipinski definition) is 20. The molecule has 5 rings (SSSR count). The number of carbonyl (C=O) groups is 11. The maximum atomic E-state index is 14.8. The molecular formula is C64H86N14O18. The maximum Gasteiger partial charge on any atom is 0.326 e. The van der Waals surface area contributed by atoms with E-state index in [4.69, 9.17) is 22.9 Å². The standard InChI is InChI=1S/C64H86N14O18/c1-34(81)54(78-60(91)50(30-53(68)85)71-55(86)43(67)9-4-6-24-65)63(94)75-48(28-37-16-22-41(84)23-17-37)57(88)74-49(29-38-31-69-44-10-3-2-8-42(38)44)59(90)77-52(33-80)62(93)73-47(27-36-14-20-40(83)21-15-36)58(89)76-51(32-79)61(92)72-46(26-35-12-18-39(82)19-13-35)56(87)70-45(64(95)96)11-5-7-25-66/h2-3,8,10,12-23,31,34,43,45-52,54,69,79-84H,4-7,9,11,24-30,32-33,65-67H2,1H3,(H2,68,85)(H,70,87)(H,71,86)(H,72,92)(H,73,93)(H,74,88)(H,75,94)(H,76,89)(H,77,90)(H,78,91)(H,95,96)/t34-,43+,45+,46+,47+,48+,49+,50+,51+,52+,54+/m1/s1. The molecule has 0 unspecified atom stereocenters. The minimum Gasteiger partial charge on any atom is -0.508 e. The molecule has 0 radical (unpaired) electrons. The molecule has 32 nitrogen and oxygen atoms in total. The summed E-state index contributed by atoms with van der Waals surface area (Å²) in [6.45, 7) is -0.561. The van der Waals surface area contributed by atoms with Gasteiger partial charge in [-0.25, -0.2) is 4.79 Å². The minimum atomic E-state index is -1.94. The van der Waals surface area contributed by atoms with Gasteiger partial charge in [0, 0.05) is 42.8 Å². The van der Waals surface area contributed by atoms with Crippen molar-refractivity contribution in [3.8, 4) is 17.2 Å². The van der Waals surface area contributed by atoms with Crippen molar-refractivity contribution in [2.75, 3.05) is 26.3 Å². The van der Waals surface area contributed by atoms with E-state index in [2.05, 4.69) is 52.8 Å². The summed E-state index contributed by atoms with van der Waals surface area (Å²) in [6, 6.07) is 6.45. The Morgan fingerprint density at radius 1 is 0.448 bits per heavy atom. The number of para-hydroxylation sites is 1. The summed E-state index contributed by atoms with van der Waals surface area (Å²) in [5, 5.41) is 94.6. The third-order valence-electron chi connectivity index (χ3n) is 15.4. The van der Waals surface area contributed by atoms with Crippen LogP contribution in [0.5, 0.6) is 17.2 Å². The van der Waals surface area contributed by atoms with Crippen LogP contribution in [-0.2, 0) is 78.4 Å². The highest BCUT2D eigenvalue weighted by Gasteiger charge is 2.37. The molecule has 0 fully saturated rings. The van der Waals surface area contributed by atoms with Crippen molar-refractivity contribution in [1.82, 2.24) is 52.8 Å². The number of aromatic nitrogens is 1. The number of aliphatic hydroxyl groups excluding tert-OH is 3. The van der Waals surface area contributed by atoms with Crippen LogP contribution in [-0.4, -0.2) is 199 Å². The predicted octanol–water partition coefficient (Wildman–Crippen LogP) is -4.17. The molecule has 1 heterocycles. The molecule has 520 valence electrons. The summed E-state index contributed by atoms with van der Waals surface area (Å²) >= 11 is 0. The average Bonchev–Trinajstić information content (AvgIpc) is 1.56. The van der Waals surface area contributed by atoms with Gasteiger partial charge in [-0.3, -0.25) is 47.9 Å². The molecule has 25 N–H and O–H groups in total. The molecule has 0 spiro atoms. The van der Waals surface area contributed by atoms with Crippen LogP contribution in [0.1, 0.15) is 74.1 Å². The van der Waals surface area contributed by atoms with Crippen LogP contribution >= 0.6 is 0 Å². The third-order valence-corrected chi connectivity index (χ3v) is 15.4. The summed E-state index contributed by atoms with van der Waals surface area (Å²) in [5.41, 5.74) is 24.6. The first kappa shape index (κ1) is 76.5. The number of aliphatic carboxylic acids is 1. The van der Waals surface area contributed by atoms with Gasteiger partial charge in [-0.15, -0.1) is 0 Å². The Morgan fingerprint density at radius 2 is 0.812 bits per heavy atom. The van der Waals surface area contributed by atoms with E-state index in [0.29, 0.717) is 65.4 Å². The van der Waals surface area contributed by atoms with Gasteiger partial charge in [0.1, 0.15) is 71.6 Å². The Labute approximate surface area is 551 Å². The van der Waals surface area contributed by atoms with Crippen LogP contribution in [0.2, 0.25) is 0 Å². The van der Waals surface area contributed by atoms with E-state index in [9.17, 15) is 88.5 Å². The van der Waals surface area contributed by atoms with Crippen molar-refractivity contribution in [2.24, 2.45) is 22.9 Å². The number of nitrogens with two attached hydrogens (primary N) is 4. The number of unbranched alkanes of at least 4 members (excludes halogenated alkanes) is 2. The number of phenolic OH excluding ortho intramolecular Hbond substituents is 3. The highest BCUT2D eigenvalue weighted by Crippen LogP contribution is 2.21. The summed E-state index contributed by atoms with van der Waals surface area (Å²) in [4.78, 5) is 155. The van der Waals surface area contributed by atoms with Gasteiger partial charge >= 0.3 is 5.97 Å². The fourth-order valence-corrected chi connectivity index (χ4v) is 9.98. The van der Waals surface area contributed by atoms with Crippen LogP contribution in [0, 0.1) is 0 Å². The number of fused-ring (bicyclic) bond motifs is 1. The van der Waals surface area contributed by atoms with Gasteiger partial charge in [-0.2, -0.15) is 0 Å². The zero-order valence-corrected chi connectivity index (χ0v) is 52.7. The first-order valence-corrected chi connectivity index (χ1v) is 30.9. The molecule has 96 heavy (non-hydrogen) atoms. The van der Waals surface area contributed by atoms with Crippen LogP contribution in [0.25, 0.3) is 10.9 Å². The van der Waals surface area contributed by atoms with Crippen LogP contribution in [0.15, 0.2) is 103 Å². The Morgan fingerprint density at radius 3 is 1.22 bits per heavy atom. The summed E-state index contributed by atoms with van der Waals surface area (Å²) < 4.78 is 0. The first-order valence-electron chi connectivity index (χ1n) is 30.9. The molecule has 11 atom stereocenters. The smallest absolute Gasteiger partial charge is 0.326 e. The molecule has 10 amide bonds. The first-order chi connectivity index (χ1) is 45.7. The zero-order chi connectivity index (χ0) is 70.6. The van der Waals surface area contributed by atoms with Crippen molar-refractivity contribution in [2.45, 2.75) is 144 Å². The highest BCUT2D eigenvalue weighted by molar-refractivity contribution is 6.00. The van der Waals surface area contributed by atoms with E-state index in [1.165, 1.54) is 72.8 Å². The largest absolute Gasteiger partial charge is 0.508 e. The van der Waals surface area contributed by atoms with Gasteiger partial charge in [0.05, 0.1) is 31.8 Å². The number of carbonyl (C=O) groups excluding carboxylic acids is 10. The van der Waals surface area contributed by atoms with Gasteiger partial charge in [0.25, 0.3) is 0 Å². The fraction of sp³-hybridized carbons (Fsp3) is 0.422. The number of aromatic amines is 1. The lowest BCUT2D eigenvalue weighted by molar-refractivity contribution is -0.142. The lowest BCUT2D eigenvalue weighted by atomic mass is 10.0. The zero-order valence-electron chi connectivity index (χ0n) is 52.7. The molecule has 5 aromatic rings. The van der Waals surface area contributed by atoms with Gasteiger partial charge < -0.3 is 112 Å². The number of aliphatic hydroxyl groups is 3. The average molecular weight is 1340 g/mol. The molecule has 0 saturated heterocycles. The quantitative estimate of drug-likeness (QED) is 0.0166. The van der Waals surface area contributed by atoms with E-state index < -0.39 is 158 Å². The number of nitrogens with one attached hydrogen (secondary N) is 10. The second-order valence-electron chi connectivity index (χ2n) is 22.9. The van der Waals surface area contributed by atoms with E-state index in [1.54, 1.807) is 30.5 Å². The number of benzene rings is 4. The van der Waals surface area contributed by atoms with E-state index in [1.807, 2.05) is 0 Å². The molecule has 0 aliphatic heterocycles. The van der Waals surface area contributed by atoms with E-state index in [0.717, 1.165) is 6.92 Å². The molecule has 4 aromatic carbocycles. The Kier molecular flexibility index (Phi) is 30.4. The summed E-state index contributed by atoms with van der Waals surface area (Å²) in [5.74, 6) is -12.7. The SMILES string of the molecule is C[C@@H](O)[C@H](NC(=O)[C@H](CC(N)=O)NC(=O)[C@@H](N)CCCCN)C(=O)N[C@@H](Cc1ccc(O)cc1)C(=O)N[C@@H](Cc1c[nH]c2ccccc12)C(=O)N[C@@H](CO)C(=O)N[C@@H](Cc1ccc(O)cc1)C(=O)N[C@@H](CO)C(=O)N[C@@H](Cc1ccc(O)cc1)C(=O)N[C@@H](CCCCN)C(=O)O. The van der Waals surface area contributed by atoms with Crippen molar-refractivity contribution in [3.63, 3.8) is 0 Å². The maximum absolute atomic E-state index is 14.8. The second kappa shape index (κ2) is 38.2. The minimum absolute atomic E-state index is 0.0172. The van der Waals surface area contributed by atoms with Gasteiger partial charge in [0.2, 0.25) is 59.1 Å². The van der Waals surface area contributed by atoms with Crippen LogP contribution in [0.4, 0.5) is 0 Å². The number of carboxylic acids is 1. The molecular weight excluding hydrogens is 1250 g/mol. The number of hydrogen-bond donors (Lipinski definition) is 21. The van der Waals surface area contributed by atoms with Gasteiger partial charge in [-0.1, -0.05) is 61.0 Å². The molecule has 1 aromatic heterocycles. The van der Waals surface area contributed by atoms with E-state index in [-0.39, 0.29) is 55.9 Å². The third kappa shape index (κ3) is 24.3. The van der Waals surface area contributed by atoms with Crippen LogP contribution in [0.3, 0.4) is 0 Å². The molecule has 0 aliphatic carbocycles. The summed E-state index contributed by atoms with van der Waals surface area (Å²) in [7, 11) is 0. The lowest BCUT2D eigenvalue weighted by Gasteiger charge is -2.28. The van der Waals surface area contributed by atoms with Gasteiger partial charge in [0.15, 0.2) is 0 Å². The molecule has 32 heteroatoms. The predicted molar refractivity (Wildman–Crippen MR) is 346 cm³/mol. The van der Waals surface area contributed by atoms with Gasteiger partial charge in [-0.05, 0) is 117 Å². The summed E-state index contributed by atoms with van der Waals surface area (Å²) in [6.07, 6.45) is -0.432. The molecule has 0 bridgehead atoms. The van der Waals surface area contributed by atoms with E-state index >= 15 is 0 Å². The monoisotopic (exact) mass is 1340 g/mol. The van der Waals surface area contributed by atoms with Crippen molar-refractivity contribution in [1.29, 1.82) is 0 Å². The fourth-order valence-electron chi connectivity index (χ4n) is 9.98. The van der Waals surface area contributed by atoms with Crippen molar-refractivity contribution >= 4 is 75.9 Å². The molecule has 0 aliphatic rings. The van der Waals surface area contributed by atoms with Crippen LogP contribution < -0.4 is 70.8 Å². The second-order valence-corrected chi connectivity index (χ2v) is 22.9. The molecule has 0 saturated carbocycles. The normalized spacial score (nSPS) is 14.6. The van der Waals surface area contributed by atoms with Crippen molar-refractivity contribution < 1.29 is 88.5 Å². The Bertz CT molecular complexity index is 3450. The highest BCUT2D eigenvalue weighted by atomic mass is 16.4. The number of phenols is 3. The Hall–Kier alpha value is -10.3. The Balaban J connectivity index is 1.43. The number of amides is 10. The number of aromatic hydroxyl groups is 3.